The summed E-state index contributed by atoms with van der Waals surface area (Å²) in [5.41, 5.74) is 0.864. The van der Waals surface area contributed by atoms with Crippen LogP contribution in [0.15, 0.2) is 47.6 Å². The first-order chi connectivity index (χ1) is 10.5. The van der Waals surface area contributed by atoms with Crippen LogP contribution in [-0.4, -0.2) is 13.4 Å². The molecule has 1 aromatic heterocycles. The number of rotatable bonds is 5. The number of hydrogen-bond donors (Lipinski definition) is 1. The summed E-state index contributed by atoms with van der Waals surface area (Å²) < 4.78 is 27.8. The van der Waals surface area contributed by atoms with Crippen molar-refractivity contribution in [2.24, 2.45) is 0 Å². The van der Waals surface area contributed by atoms with Crippen LogP contribution in [0, 0.1) is 11.3 Å². The maximum atomic E-state index is 12.6. The first-order valence-electron chi connectivity index (χ1n) is 6.60. The summed E-state index contributed by atoms with van der Waals surface area (Å²) in [6.07, 6.45) is 3.77. The number of aromatic nitrogens is 1. The van der Waals surface area contributed by atoms with Gasteiger partial charge in [0.25, 0.3) is 0 Å². The van der Waals surface area contributed by atoms with Gasteiger partial charge in [-0.25, -0.2) is 13.1 Å². The predicted octanol–water partition coefficient (Wildman–Crippen LogP) is 3.04. The second-order valence-corrected chi connectivity index (χ2v) is 6.73. The zero-order valence-corrected chi connectivity index (χ0v) is 13.4. The van der Waals surface area contributed by atoms with Crippen molar-refractivity contribution in [1.82, 2.24) is 9.71 Å². The molecule has 0 saturated carbocycles. The van der Waals surface area contributed by atoms with Crippen molar-refractivity contribution in [3.05, 3.63) is 58.9 Å². The number of halogens is 1. The van der Waals surface area contributed by atoms with Gasteiger partial charge < -0.3 is 0 Å². The normalized spacial score (nSPS) is 12.6. The molecule has 0 bridgehead atoms. The number of pyridine rings is 1. The van der Waals surface area contributed by atoms with Crippen LogP contribution in [0.1, 0.15) is 30.5 Å². The van der Waals surface area contributed by atoms with Crippen LogP contribution in [0.4, 0.5) is 0 Å². The van der Waals surface area contributed by atoms with E-state index in [0.29, 0.717) is 6.42 Å². The Hall–Kier alpha value is -1.94. The highest BCUT2D eigenvalue weighted by atomic mass is 35.5. The maximum absolute atomic E-state index is 12.6. The summed E-state index contributed by atoms with van der Waals surface area (Å²) in [6.45, 7) is 1.87. The average Bonchev–Trinajstić information content (AvgIpc) is 2.53. The van der Waals surface area contributed by atoms with Gasteiger partial charge in [-0.15, -0.1) is 0 Å². The Kier molecular flexibility index (Phi) is 5.14. The first-order valence-corrected chi connectivity index (χ1v) is 8.46. The van der Waals surface area contributed by atoms with E-state index >= 15 is 0 Å². The molecule has 0 unspecified atom stereocenters. The van der Waals surface area contributed by atoms with E-state index in [9.17, 15) is 8.42 Å². The van der Waals surface area contributed by atoms with Gasteiger partial charge in [-0.3, -0.25) is 4.98 Å². The summed E-state index contributed by atoms with van der Waals surface area (Å²) in [7, 11) is -3.86. The minimum Gasteiger partial charge on any atom is -0.265 e. The van der Waals surface area contributed by atoms with Gasteiger partial charge in [0.1, 0.15) is 11.0 Å². The molecule has 7 heteroatoms. The highest BCUT2D eigenvalue weighted by molar-refractivity contribution is 7.89. The van der Waals surface area contributed by atoms with Crippen molar-refractivity contribution in [2.45, 2.75) is 24.3 Å². The number of benzene rings is 1. The van der Waals surface area contributed by atoms with E-state index in [2.05, 4.69) is 9.71 Å². The maximum Gasteiger partial charge on any atom is 0.242 e. The molecule has 0 amide bonds. The molecule has 114 valence electrons. The molecule has 0 aliphatic carbocycles. The lowest BCUT2D eigenvalue weighted by Crippen LogP contribution is -2.29. The van der Waals surface area contributed by atoms with Crippen LogP contribution < -0.4 is 4.72 Å². The van der Waals surface area contributed by atoms with Gasteiger partial charge in [-0.1, -0.05) is 18.5 Å². The number of sulfonamides is 1. The van der Waals surface area contributed by atoms with E-state index < -0.39 is 16.1 Å². The van der Waals surface area contributed by atoms with Crippen LogP contribution in [0.25, 0.3) is 0 Å². The molecule has 2 aromatic rings. The first kappa shape index (κ1) is 16.4. The molecule has 1 N–H and O–H groups in total. The van der Waals surface area contributed by atoms with E-state index in [1.165, 1.54) is 18.2 Å². The Morgan fingerprint density at radius 1 is 1.32 bits per heavy atom. The fourth-order valence-corrected chi connectivity index (χ4v) is 3.77. The third kappa shape index (κ3) is 3.63. The van der Waals surface area contributed by atoms with E-state index in [1.807, 2.05) is 13.0 Å². The van der Waals surface area contributed by atoms with E-state index in [0.717, 1.165) is 5.56 Å². The molecule has 0 saturated heterocycles. The van der Waals surface area contributed by atoms with Crippen LogP contribution >= 0.6 is 11.6 Å². The van der Waals surface area contributed by atoms with Gasteiger partial charge in [-0.2, -0.15) is 5.26 Å². The lowest BCUT2D eigenvalue weighted by atomic mass is 10.1. The van der Waals surface area contributed by atoms with Crippen molar-refractivity contribution in [1.29, 1.82) is 5.26 Å². The Bertz CT molecular complexity index is 801. The highest BCUT2D eigenvalue weighted by Gasteiger charge is 2.23. The second-order valence-electron chi connectivity index (χ2n) is 4.61. The van der Waals surface area contributed by atoms with Crippen LogP contribution in [0.3, 0.4) is 0 Å². The highest BCUT2D eigenvalue weighted by Crippen LogP contribution is 2.24. The molecular formula is C15H14ClN3O2S. The minimum atomic E-state index is -3.86. The molecule has 1 aromatic carbocycles. The van der Waals surface area contributed by atoms with Gasteiger partial charge >= 0.3 is 0 Å². The quantitative estimate of drug-likeness (QED) is 0.910. The zero-order valence-electron chi connectivity index (χ0n) is 11.8. The lowest BCUT2D eigenvalue weighted by Gasteiger charge is -2.18. The van der Waals surface area contributed by atoms with Gasteiger partial charge in [0.2, 0.25) is 10.0 Å². The molecule has 22 heavy (non-hydrogen) atoms. The Balaban J connectivity index is 2.39. The number of nitrogens with one attached hydrogen (secondary N) is 1. The molecule has 2 rings (SSSR count). The van der Waals surface area contributed by atoms with Crippen LogP contribution in [0.5, 0.6) is 0 Å². The van der Waals surface area contributed by atoms with E-state index in [-0.39, 0.29) is 15.5 Å². The van der Waals surface area contributed by atoms with Crippen LogP contribution in [0.2, 0.25) is 5.02 Å². The van der Waals surface area contributed by atoms with E-state index in [1.54, 1.807) is 24.5 Å². The summed E-state index contributed by atoms with van der Waals surface area (Å²) in [5, 5.41) is 9.35. The van der Waals surface area contributed by atoms with Crippen molar-refractivity contribution >= 4 is 21.6 Å². The smallest absolute Gasteiger partial charge is 0.242 e. The predicted molar refractivity (Wildman–Crippen MR) is 83.8 cm³/mol. The van der Waals surface area contributed by atoms with Gasteiger partial charge in [-0.05, 0) is 42.3 Å². The summed E-state index contributed by atoms with van der Waals surface area (Å²) in [6, 6.07) is 9.13. The minimum absolute atomic E-state index is 0.0569. The molecule has 1 heterocycles. The molecule has 1 atom stereocenters. The van der Waals surface area contributed by atoms with Gasteiger partial charge in [0.05, 0.1) is 5.56 Å². The topological polar surface area (TPSA) is 82.9 Å². The molecule has 0 radical (unpaired) electrons. The monoisotopic (exact) mass is 335 g/mol. The van der Waals surface area contributed by atoms with E-state index in [4.69, 9.17) is 16.9 Å². The van der Waals surface area contributed by atoms with Crippen molar-refractivity contribution in [3.8, 4) is 6.07 Å². The van der Waals surface area contributed by atoms with Crippen molar-refractivity contribution < 1.29 is 8.42 Å². The van der Waals surface area contributed by atoms with Gasteiger partial charge in [0.15, 0.2) is 0 Å². The molecular weight excluding hydrogens is 322 g/mol. The number of nitriles is 1. The second kappa shape index (κ2) is 6.88. The Morgan fingerprint density at radius 3 is 2.59 bits per heavy atom. The average molecular weight is 336 g/mol. The standard InChI is InChI=1S/C15H14ClN3O2S/c1-2-14(11-5-7-18-8-6-11)19-22(20,21)15-9-13(16)4-3-12(15)10-17/h3-9,14,19H,2H2,1H3/t14-/m1/s1. The molecule has 5 nitrogen and oxygen atoms in total. The number of nitrogens with zero attached hydrogens (tertiary/aromatic N) is 2. The summed E-state index contributed by atoms with van der Waals surface area (Å²) >= 11 is 5.86. The molecule has 0 aliphatic rings. The lowest BCUT2D eigenvalue weighted by molar-refractivity contribution is 0.549. The van der Waals surface area contributed by atoms with Crippen LogP contribution in [-0.2, 0) is 10.0 Å². The van der Waals surface area contributed by atoms with Crippen molar-refractivity contribution in [3.63, 3.8) is 0 Å². The largest absolute Gasteiger partial charge is 0.265 e. The molecule has 0 spiro atoms. The summed E-state index contributed by atoms with van der Waals surface area (Å²) in [5.74, 6) is 0. The third-order valence-electron chi connectivity index (χ3n) is 3.17. The third-order valence-corrected chi connectivity index (χ3v) is 4.91. The SMILES string of the molecule is CC[C@@H](NS(=O)(=O)c1cc(Cl)ccc1C#N)c1ccncc1. The molecule has 0 fully saturated rings. The zero-order chi connectivity index (χ0) is 16.2. The molecule has 0 aliphatic heterocycles. The fourth-order valence-electron chi connectivity index (χ4n) is 2.04. The Morgan fingerprint density at radius 2 is 2.00 bits per heavy atom. The summed E-state index contributed by atoms with van der Waals surface area (Å²) in [4.78, 5) is 3.80. The Labute approximate surface area is 134 Å². The van der Waals surface area contributed by atoms with Gasteiger partial charge in [0, 0.05) is 23.5 Å². The van der Waals surface area contributed by atoms with Crippen molar-refractivity contribution in [2.75, 3.05) is 0 Å². The number of hydrogen-bond acceptors (Lipinski definition) is 4. The fraction of sp³-hybridized carbons (Fsp3) is 0.200.